The van der Waals surface area contributed by atoms with Gasteiger partial charge in [0.1, 0.15) is 5.82 Å². The Balaban J connectivity index is 1.54. The Kier molecular flexibility index (Phi) is 7.22. The molecule has 0 spiro atoms. The van der Waals surface area contributed by atoms with Crippen LogP contribution in [0.2, 0.25) is 0 Å². The zero-order valence-corrected chi connectivity index (χ0v) is 20.9. The molecule has 180 valence electrons. The van der Waals surface area contributed by atoms with Gasteiger partial charge in [-0.15, -0.1) is 0 Å². The summed E-state index contributed by atoms with van der Waals surface area (Å²) in [7, 11) is -0.417. The van der Waals surface area contributed by atoms with Crippen LogP contribution < -0.4 is 4.90 Å². The lowest BCUT2D eigenvalue weighted by molar-refractivity contribution is 0.274. The number of hydrogen-bond acceptors (Lipinski definition) is 6. The molecular weight excluding hydrogens is 448 g/mol. The van der Waals surface area contributed by atoms with Gasteiger partial charge in [0.2, 0.25) is 10.0 Å². The number of sulfonamides is 1. The molecule has 0 N–H and O–H groups in total. The van der Waals surface area contributed by atoms with Gasteiger partial charge in [-0.05, 0) is 55.3 Å². The maximum atomic E-state index is 12.6. The van der Waals surface area contributed by atoms with Gasteiger partial charge in [-0.3, -0.25) is 4.90 Å². The summed E-state index contributed by atoms with van der Waals surface area (Å²) in [5.41, 5.74) is 3.52. The zero-order chi connectivity index (χ0) is 24.3. The normalized spacial score (nSPS) is 15.6. The van der Waals surface area contributed by atoms with E-state index in [1.54, 1.807) is 26.2 Å². The number of nitrogens with zero attached hydrogens (tertiary/aromatic N) is 6. The number of aryl methyl sites for hydroxylation is 1. The van der Waals surface area contributed by atoms with E-state index in [1.807, 2.05) is 30.3 Å². The predicted molar refractivity (Wildman–Crippen MR) is 134 cm³/mol. The fourth-order valence-electron chi connectivity index (χ4n) is 4.46. The van der Waals surface area contributed by atoms with E-state index in [4.69, 9.17) is 10.2 Å². The number of hydrogen-bond donors (Lipinski definition) is 0. The molecule has 0 amide bonds. The first-order chi connectivity index (χ1) is 16.3. The molecule has 0 saturated carbocycles. The summed E-state index contributed by atoms with van der Waals surface area (Å²) in [6.07, 6.45) is 2.02. The van der Waals surface area contributed by atoms with Gasteiger partial charge in [0.05, 0.1) is 34.1 Å². The zero-order valence-electron chi connectivity index (χ0n) is 20.1. The molecule has 1 aliphatic heterocycles. The molecule has 0 radical (unpaired) electrons. The minimum Gasteiger partial charge on any atom is -0.370 e. The quantitative estimate of drug-likeness (QED) is 0.516. The highest BCUT2D eigenvalue weighted by molar-refractivity contribution is 7.89. The van der Waals surface area contributed by atoms with Crippen molar-refractivity contribution in [2.45, 2.75) is 37.8 Å². The van der Waals surface area contributed by atoms with E-state index in [1.165, 1.54) is 4.31 Å². The Labute approximate surface area is 202 Å². The molecule has 4 rings (SSSR count). The van der Waals surface area contributed by atoms with E-state index in [9.17, 15) is 8.42 Å². The maximum absolute atomic E-state index is 12.6. The molecule has 1 fully saturated rings. The minimum atomic E-state index is -3.50. The first-order valence-electron chi connectivity index (χ1n) is 11.7. The highest BCUT2D eigenvalue weighted by atomic mass is 32.2. The smallest absolute Gasteiger partial charge is 0.242 e. The van der Waals surface area contributed by atoms with Crippen molar-refractivity contribution in [2.24, 2.45) is 0 Å². The molecular formula is C25H32N6O2S. The fourth-order valence-corrected chi connectivity index (χ4v) is 5.38. The molecule has 2 aromatic carbocycles. The van der Waals surface area contributed by atoms with Crippen LogP contribution in [0.25, 0.3) is 11.0 Å². The Morgan fingerprint density at radius 1 is 1.06 bits per heavy atom. The first-order valence-corrected chi connectivity index (χ1v) is 13.2. The molecule has 34 heavy (non-hydrogen) atoms. The molecule has 9 heteroatoms. The van der Waals surface area contributed by atoms with Crippen LogP contribution in [0.1, 0.15) is 31.2 Å². The lowest BCUT2D eigenvalue weighted by atomic mass is 10.2. The van der Waals surface area contributed by atoms with E-state index in [-0.39, 0.29) is 4.90 Å². The summed E-state index contributed by atoms with van der Waals surface area (Å²) >= 11 is 0. The Bertz CT molecular complexity index is 1290. The van der Waals surface area contributed by atoms with Gasteiger partial charge in [0.15, 0.2) is 0 Å². The molecule has 8 nitrogen and oxygen atoms in total. The molecule has 0 unspecified atom stereocenters. The van der Waals surface area contributed by atoms with Crippen LogP contribution in [-0.2, 0) is 23.1 Å². The second-order valence-corrected chi connectivity index (χ2v) is 11.0. The van der Waals surface area contributed by atoms with Crippen LogP contribution in [0, 0.1) is 11.3 Å². The molecule has 1 saturated heterocycles. The highest BCUT2D eigenvalue weighted by Crippen LogP contribution is 2.24. The maximum Gasteiger partial charge on any atom is 0.242 e. The van der Waals surface area contributed by atoms with Gasteiger partial charge in [-0.2, -0.15) is 5.26 Å². The van der Waals surface area contributed by atoms with Gasteiger partial charge in [0.25, 0.3) is 0 Å². The number of nitriles is 1. The molecule has 1 aliphatic rings. The highest BCUT2D eigenvalue weighted by Gasteiger charge is 2.21. The van der Waals surface area contributed by atoms with Gasteiger partial charge < -0.3 is 9.47 Å². The first kappa shape index (κ1) is 24.2. The monoisotopic (exact) mass is 480 g/mol. The van der Waals surface area contributed by atoms with Crippen molar-refractivity contribution in [3.05, 3.63) is 53.9 Å². The van der Waals surface area contributed by atoms with Crippen molar-refractivity contribution in [1.29, 1.82) is 5.26 Å². The lowest BCUT2D eigenvalue weighted by Crippen LogP contribution is -2.31. The summed E-state index contributed by atoms with van der Waals surface area (Å²) in [4.78, 5) is 9.94. The van der Waals surface area contributed by atoms with Gasteiger partial charge in [-0.1, -0.05) is 6.92 Å². The number of anilines is 1. The van der Waals surface area contributed by atoms with E-state index in [0.717, 1.165) is 74.7 Å². The van der Waals surface area contributed by atoms with Crippen LogP contribution in [0.5, 0.6) is 0 Å². The van der Waals surface area contributed by atoms with Crippen molar-refractivity contribution in [3.63, 3.8) is 0 Å². The molecule has 3 aromatic rings. The van der Waals surface area contributed by atoms with Gasteiger partial charge in [-0.25, -0.2) is 17.7 Å². The summed E-state index contributed by atoms with van der Waals surface area (Å²) in [6, 6.07) is 15.2. The van der Waals surface area contributed by atoms with Crippen molar-refractivity contribution in [1.82, 2.24) is 18.8 Å². The number of benzene rings is 2. The second-order valence-electron chi connectivity index (χ2n) is 8.89. The van der Waals surface area contributed by atoms with E-state index in [0.29, 0.717) is 5.56 Å². The fraction of sp³-hybridized carbons (Fsp3) is 0.440. The van der Waals surface area contributed by atoms with Crippen LogP contribution in [0.3, 0.4) is 0 Å². The third kappa shape index (κ3) is 4.94. The van der Waals surface area contributed by atoms with E-state index in [2.05, 4.69) is 27.4 Å². The topological polar surface area (TPSA) is 85.5 Å². The average Bonchev–Trinajstić information content (AvgIpc) is 3.00. The Hall–Kier alpha value is -2.93. The van der Waals surface area contributed by atoms with Crippen LogP contribution in [0.4, 0.5) is 5.69 Å². The second kappa shape index (κ2) is 10.1. The van der Waals surface area contributed by atoms with Crippen molar-refractivity contribution < 1.29 is 8.42 Å². The summed E-state index contributed by atoms with van der Waals surface area (Å²) in [6.45, 7) is 7.48. The standard InChI is InChI=1S/C25H32N6O2S/c1-4-12-31-24-11-10-22(34(32,33)28(2)3)17-23(24)27-25(31)19-29-13-5-14-30(16-15-29)21-8-6-20(18-26)7-9-21/h6-11,17H,4-5,12-16,19H2,1-3H3. The summed E-state index contributed by atoms with van der Waals surface area (Å²) in [5.74, 6) is 0.975. The largest absolute Gasteiger partial charge is 0.370 e. The Morgan fingerprint density at radius 2 is 1.82 bits per heavy atom. The number of imidazole rings is 1. The van der Waals surface area contributed by atoms with Crippen molar-refractivity contribution in [3.8, 4) is 6.07 Å². The third-order valence-corrected chi connectivity index (χ3v) is 8.15. The SMILES string of the molecule is CCCn1c(CN2CCCN(c3ccc(C#N)cc3)CC2)nc2cc(S(=O)(=O)N(C)C)ccc21. The minimum absolute atomic E-state index is 0.269. The molecule has 2 heterocycles. The molecule has 1 aromatic heterocycles. The van der Waals surface area contributed by atoms with Gasteiger partial charge >= 0.3 is 0 Å². The number of aromatic nitrogens is 2. The van der Waals surface area contributed by atoms with E-state index < -0.39 is 10.0 Å². The number of fused-ring (bicyclic) bond motifs is 1. The predicted octanol–water partition coefficient (Wildman–Crippen LogP) is 3.28. The molecule has 0 aliphatic carbocycles. The molecule has 0 bridgehead atoms. The van der Waals surface area contributed by atoms with Crippen LogP contribution >= 0.6 is 0 Å². The summed E-state index contributed by atoms with van der Waals surface area (Å²) in [5, 5.41) is 9.04. The lowest BCUT2D eigenvalue weighted by Gasteiger charge is -2.23. The van der Waals surface area contributed by atoms with Crippen LogP contribution in [-0.4, -0.2) is 67.4 Å². The average molecular weight is 481 g/mol. The summed E-state index contributed by atoms with van der Waals surface area (Å²) < 4.78 is 28.6. The van der Waals surface area contributed by atoms with Crippen LogP contribution in [0.15, 0.2) is 47.4 Å². The van der Waals surface area contributed by atoms with E-state index >= 15 is 0 Å². The Morgan fingerprint density at radius 3 is 2.50 bits per heavy atom. The number of rotatable bonds is 7. The van der Waals surface area contributed by atoms with Crippen molar-refractivity contribution in [2.75, 3.05) is 45.2 Å². The molecule has 0 atom stereocenters. The van der Waals surface area contributed by atoms with Crippen molar-refractivity contribution >= 4 is 26.7 Å². The van der Waals surface area contributed by atoms with Gasteiger partial charge in [0, 0.05) is 52.5 Å². The third-order valence-electron chi connectivity index (χ3n) is 6.34.